The Morgan fingerprint density at radius 1 is 1.09 bits per heavy atom. The molecule has 3 nitrogen and oxygen atoms in total. The van der Waals surface area contributed by atoms with E-state index in [0.717, 1.165) is 11.3 Å². The molecule has 3 aromatic rings. The molecule has 0 unspecified atom stereocenters. The molecule has 0 spiro atoms. The van der Waals surface area contributed by atoms with Gasteiger partial charge in [0.2, 0.25) is 0 Å². The lowest BCUT2D eigenvalue weighted by Crippen LogP contribution is -2.09. The van der Waals surface area contributed by atoms with Crippen molar-refractivity contribution in [3.05, 3.63) is 81.5 Å². The maximum absolute atomic E-state index is 12.2. The minimum atomic E-state index is -0.120. The van der Waals surface area contributed by atoms with Gasteiger partial charge in [-0.05, 0) is 35.7 Å². The minimum absolute atomic E-state index is 0.120. The van der Waals surface area contributed by atoms with Crippen LogP contribution >= 0.6 is 22.9 Å². The second-order valence-corrected chi connectivity index (χ2v) is 6.18. The van der Waals surface area contributed by atoms with E-state index < -0.39 is 0 Å². The summed E-state index contributed by atoms with van der Waals surface area (Å²) in [6.07, 6.45) is 0. The predicted molar refractivity (Wildman–Crippen MR) is 94.5 cm³/mol. The maximum Gasteiger partial charge on any atom is 0.265 e. The van der Waals surface area contributed by atoms with Crippen molar-refractivity contribution >= 4 is 34.5 Å². The van der Waals surface area contributed by atoms with Crippen molar-refractivity contribution in [3.8, 4) is 5.75 Å². The number of carbonyl (C=O) groups is 1. The summed E-state index contributed by atoms with van der Waals surface area (Å²) in [5.74, 6) is 0.515. The molecule has 0 aliphatic carbocycles. The Morgan fingerprint density at radius 3 is 2.61 bits per heavy atom. The van der Waals surface area contributed by atoms with Crippen molar-refractivity contribution in [1.82, 2.24) is 0 Å². The van der Waals surface area contributed by atoms with Crippen molar-refractivity contribution in [2.45, 2.75) is 6.61 Å². The first-order valence-corrected chi connectivity index (χ1v) is 8.29. The Bertz CT molecular complexity index is 802. The highest BCUT2D eigenvalue weighted by Gasteiger charge is 2.10. The highest BCUT2D eigenvalue weighted by molar-refractivity contribution is 7.12. The van der Waals surface area contributed by atoms with E-state index in [1.54, 1.807) is 6.07 Å². The molecule has 23 heavy (non-hydrogen) atoms. The van der Waals surface area contributed by atoms with Crippen LogP contribution in [-0.4, -0.2) is 5.91 Å². The van der Waals surface area contributed by atoms with Crippen LogP contribution in [0.4, 0.5) is 5.69 Å². The van der Waals surface area contributed by atoms with Gasteiger partial charge in [-0.2, -0.15) is 0 Å². The van der Waals surface area contributed by atoms with Crippen LogP contribution in [0, 0.1) is 0 Å². The molecule has 5 heteroatoms. The first-order valence-electron chi connectivity index (χ1n) is 7.03. The Kier molecular flexibility index (Phi) is 4.95. The quantitative estimate of drug-likeness (QED) is 0.688. The molecule has 0 bridgehead atoms. The number of benzene rings is 2. The monoisotopic (exact) mass is 343 g/mol. The topological polar surface area (TPSA) is 38.3 Å². The van der Waals surface area contributed by atoms with Gasteiger partial charge in [0.1, 0.15) is 12.4 Å². The van der Waals surface area contributed by atoms with Crippen LogP contribution in [0.3, 0.4) is 0 Å². The van der Waals surface area contributed by atoms with Crippen LogP contribution in [0.15, 0.2) is 66.0 Å². The van der Waals surface area contributed by atoms with Gasteiger partial charge >= 0.3 is 0 Å². The Morgan fingerprint density at radius 2 is 1.83 bits per heavy atom. The van der Waals surface area contributed by atoms with E-state index in [0.29, 0.717) is 22.3 Å². The van der Waals surface area contributed by atoms with E-state index in [4.69, 9.17) is 16.3 Å². The molecule has 1 heterocycles. The van der Waals surface area contributed by atoms with Crippen LogP contribution in [0.2, 0.25) is 5.02 Å². The van der Waals surface area contributed by atoms with Gasteiger partial charge in [-0.25, -0.2) is 0 Å². The molecule has 0 saturated heterocycles. The number of amides is 1. The standard InChI is InChI=1S/C18H14ClNO2S/c19-15-8-4-5-9-16(15)22-11-13-10-17(23-12-13)18(21)20-14-6-2-1-3-7-14/h1-10,12H,11H2,(H,20,21). The molecule has 0 atom stereocenters. The minimum Gasteiger partial charge on any atom is -0.487 e. The van der Waals surface area contributed by atoms with Crippen molar-refractivity contribution in [3.63, 3.8) is 0 Å². The lowest BCUT2D eigenvalue weighted by Gasteiger charge is -2.06. The highest BCUT2D eigenvalue weighted by Crippen LogP contribution is 2.25. The van der Waals surface area contributed by atoms with Crippen LogP contribution in [-0.2, 0) is 6.61 Å². The molecule has 0 radical (unpaired) electrons. The molecular formula is C18H14ClNO2S. The lowest BCUT2D eigenvalue weighted by molar-refractivity contribution is 0.103. The summed E-state index contributed by atoms with van der Waals surface area (Å²) in [6.45, 7) is 0.374. The van der Waals surface area contributed by atoms with Gasteiger partial charge < -0.3 is 10.1 Å². The molecule has 0 aliphatic rings. The first kappa shape index (κ1) is 15.6. The van der Waals surface area contributed by atoms with Gasteiger partial charge in [0, 0.05) is 11.3 Å². The van der Waals surface area contributed by atoms with E-state index in [-0.39, 0.29) is 5.91 Å². The molecular weight excluding hydrogens is 330 g/mol. The molecule has 0 fully saturated rings. The Balaban J connectivity index is 1.62. The third kappa shape index (κ3) is 4.12. The van der Waals surface area contributed by atoms with Gasteiger partial charge in [0.05, 0.1) is 9.90 Å². The number of nitrogens with one attached hydrogen (secondary N) is 1. The SMILES string of the molecule is O=C(Nc1ccccc1)c1cc(COc2ccccc2Cl)cs1. The largest absolute Gasteiger partial charge is 0.487 e. The molecule has 1 aromatic heterocycles. The number of ether oxygens (including phenoxy) is 1. The van der Waals surface area contributed by atoms with Crippen molar-refractivity contribution in [2.75, 3.05) is 5.32 Å². The van der Waals surface area contributed by atoms with Crippen molar-refractivity contribution < 1.29 is 9.53 Å². The molecule has 0 aliphatic heterocycles. The first-order chi connectivity index (χ1) is 11.2. The second-order valence-electron chi connectivity index (χ2n) is 4.86. The van der Waals surface area contributed by atoms with E-state index >= 15 is 0 Å². The fraction of sp³-hybridized carbons (Fsp3) is 0.0556. The number of halogens is 1. The number of anilines is 1. The summed E-state index contributed by atoms with van der Waals surface area (Å²) in [5, 5.41) is 5.35. The fourth-order valence-corrected chi connectivity index (χ4v) is 2.99. The average Bonchev–Trinajstić information content (AvgIpc) is 3.04. The van der Waals surface area contributed by atoms with Crippen LogP contribution < -0.4 is 10.1 Å². The predicted octanol–water partition coefficient (Wildman–Crippen LogP) is 5.23. The van der Waals surface area contributed by atoms with Gasteiger partial charge in [0.25, 0.3) is 5.91 Å². The molecule has 3 rings (SSSR count). The van der Waals surface area contributed by atoms with E-state index in [1.165, 1.54) is 11.3 Å². The summed E-state index contributed by atoms with van der Waals surface area (Å²) in [5.41, 5.74) is 1.72. The van der Waals surface area contributed by atoms with Crippen molar-refractivity contribution in [2.24, 2.45) is 0 Å². The second kappa shape index (κ2) is 7.31. The third-order valence-electron chi connectivity index (χ3n) is 3.14. The van der Waals surface area contributed by atoms with Crippen molar-refractivity contribution in [1.29, 1.82) is 0 Å². The lowest BCUT2D eigenvalue weighted by atomic mass is 10.3. The zero-order valence-corrected chi connectivity index (χ0v) is 13.7. The molecule has 116 valence electrons. The zero-order chi connectivity index (χ0) is 16.1. The smallest absolute Gasteiger partial charge is 0.265 e. The third-order valence-corrected chi connectivity index (χ3v) is 4.43. The van der Waals surface area contributed by atoms with Crippen LogP contribution in [0.5, 0.6) is 5.75 Å². The molecule has 1 N–H and O–H groups in total. The number of rotatable bonds is 5. The van der Waals surface area contributed by atoms with E-state index in [1.807, 2.05) is 60.0 Å². The number of para-hydroxylation sites is 2. The maximum atomic E-state index is 12.2. The molecule has 0 saturated carbocycles. The summed E-state index contributed by atoms with van der Waals surface area (Å²) >= 11 is 7.44. The normalized spacial score (nSPS) is 10.3. The van der Waals surface area contributed by atoms with Gasteiger partial charge in [-0.15, -0.1) is 11.3 Å². The summed E-state index contributed by atoms with van der Waals surface area (Å²) in [6, 6.07) is 18.5. The summed E-state index contributed by atoms with van der Waals surface area (Å²) in [7, 11) is 0. The number of carbonyl (C=O) groups excluding carboxylic acids is 1. The van der Waals surface area contributed by atoms with Crippen LogP contribution in [0.25, 0.3) is 0 Å². The van der Waals surface area contributed by atoms with Gasteiger partial charge in [-0.3, -0.25) is 4.79 Å². The average molecular weight is 344 g/mol. The number of thiophene rings is 1. The highest BCUT2D eigenvalue weighted by atomic mass is 35.5. The van der Waals surface area contributed by atoms with E-state index in [9.17, 15) is 4.79 Å². The zero-order valence-electron chi connectivity index (χ0n) is 12.2. The van der Waals surface area contributed by atoms with Crippen LogP contribution in [0.1, 0.15) is 15.2 Å². The fourth-order valence-electron chi connectivity index (χ4n) is 2.01. The summed E-state index contributed by atoms with van der Waals surface area (Å²) < 4.78 is 5.68. The Hall–Kier alpha value is -2.30. The van der Waals surface area contributed by atoms with Gasteiger partial charge in [0.15, 0.2) is 0 Å². The Labute approximate surface area is 143 Å². The van der Waals surface area contributed by atoms with E-state index in [2.05, 4.69) is 5.32 Å². The summed E-state index contributed by atoms with van der Waals surface area (Å²) in [4.78, 5) is 12.8. The number of hydrogen-bond donors (Lipinski definition) is 1. The molecule has 1 amide bonds. The van der Waals surface area contributed by atoms with Gasteiger partial charge in [-0.1, -0.05) is 41.9 Å². The molecule has 2 aromatic carbocycles. The number of hydrogen-bond acceptors (Lipinski definition) is 3.